The zero-order valence-corrected chi connectivity index (χ0v) is 15.8. The molecule has 0 atom stereocenters. The Bertz CT molecular complexity index is 717. The van der Waals surface area contributed by atoms with Crippen molar-refractivity contribution in [2.75, 3.05) is 50.8 Å². The molecule has 2 aromatic rings. The molecule has 2 heterocycles. The Labute approximate surface area is 160 Å². The third kappa shape index (κ3) is 5.40. The first-order valence-corrected chi connectivity index (χ1v) is 9.52. The van der Waals surface area contributed by atoms with Crippen molar-refractivity contribution < 1.29 is 9.53 Å². The molecular formula is C20H27N5O2. The predicted molar refractivity (Wildman–Crippen MR) is 105 cm³/mol. The molecule has 0 radical (unpaired) electrons. The van der Waals surface area contributed by atoms with Crippen molar-refractivity contribution in [1.29, 1.82) is 0 Å². The summed E-state index contributed by atoms with van der Waals surface area (Å²) in [6.45, 7) is 7.91. The summed E-state index contributed by atoms with van der Waals surface area (Å²) in [7, 11) is 0. The van der Waals surface area contributed by atoms with Gasteiger partial charge in [-0.05, 0) is 38.1 Å². The Balaban J connectivity index is 1.37. The molecule has 0 aliphatic carbocycles. The van der Waals surface area contributed by atoms with Crippen LogP contribution in [0.2, 0.25) is 0 Å². The fraction of sp³-hybridized carbons (Fsp3) is 0.450. The van der Waals surface area contributed by atoms with Gasteiger partial charge < -0.3 is 15.0 Å². The van der Waals surface area contributed by atoms with Crippen molar-refractivity contribution in [1.82, 2.24) is 20.2 Å². The molecule has 1 aromatic carbocycles. The van der Waals surface area contributed by atoms with Crippen LogP contribution in [0.25, 0.3) is 0 Å². The molecule has 1 amide bonds. The largest absolute Gasteiger partial charge is 0.493 e. The minimum absolute atomic E-state index is 0.0786. The van der Waals surface area contributed by atoms with Crippen molar-refractivity contribution in [3.05, 3.63) is 48.3 Å². The number of benzene rings is 1. The summed E-state index contributed by atoms with van der Waals surface area (Å²) in [5.74, 6) is 1.36. The quantitative estimate of drug-likeness (QED) is 0.716. The molecule has 0 spiro atoms. The van der Waals surface area contributed by atoms with Gasteiger partial charge in [-0.1, -0.05) is 12.1 Å². The number of nitrogens with one attached hydrogen (secondary N) is 1. The molecule has 7 nitrogen and oxygen atoms in total. The van der Waals surface area contributed by atoms with Gasteiger partial charge in [0, 0.05) is 45.1 Å². The lowest BCUT2D eigenvalue weighted by molar-refractivity contribution is 0.0947. The van der Waals surface area contributed by atoms with Crippen LogP contribution in [0, 0.1) is 0 Å². The van der Waals surface area contributed by atoms with Gasteiger partial charge in [0.05, 0.1) is 12.2 Å². The highest BCUT2D eigenvalue weighted by atomic mass is 16.5. The van der Waals surface area contributed by atoms with Crippen molar-refractivity contribution in [2.24, 2.45) is 0 Å². The Morgan fingerprint density at radius 2 is 1.85 bits per heavy atom. The highest BCUT2D eigenvalue weighted by Crippen LogP contribution is 2.17. The smallest absolute Gasteiger partial charge is 0.255 e. The van der Waals surface area contributed by atoms with E-state index in [1.165, 1.54) is 0 Å². The number of nitrogens with zero attached hydrogens (tertiary/aromatic N) is 4. The maximum atomic E-state index is 12.4. The fourth-order valence-corrected chi connectivity index (χ4v) is 3.16. The number of hydrogen-bond donors (Lipinski definition) is 1. The highest BCUT2D eigenvalue weighted by Gasteiger charge is 2.18. The number of rotatable bonds is 8. The number of carbonyl (C=O) groups is 1. The number of ether oxygens (including phenoxy) is 1. The molecule has 0 bridgehead atoms. The van der Waals surface area contributed by atoms with Crippen LogP contribution in [0.1, 0.15) is 23.7 Å². The zero-order chi connectivity index (χ0) is 18.9. The van der Waals surface area contributed by atoms with E-state index in [0.29, 0.717) is 24.5 Å². The number of anilines is 1. The molecule has 144 valence electrons. The van der Waals surface area contributed by atoms with E-state index in [4.69, 9.17) is 4.74 Å². The first-order chi connectivity index (χ1) is 13.3. The lowest BCUT2D eigenvalue weighted by atomic mass is 10.2. The monoisotopic (exact) mass is 369 g/mol. The maximum Gasteiger partial charge on any atom is 0.255 e. The third-order valence-electron chi connectivity index (χ3n) is 4.58. The van der Waals surface area contributed by atoms with E-state index in [1.54, 1.807) is 18.5 Å². The van der Waals surface area contributed by atoms with Gasteiger partial charge in [-0.15, -0.1) is 0 Å². The average Bonchev–Trinajstić information content (AvgIpc) is 2.73. The summed E-state index contributed by atoms with van der Waals surface area (Å²) in [6.07, 6.45) is 4.48. The number of carbonyl (C=O) groups excluding carboxylic acids is 1. The molecule has 0 unspecified atom stereocenters. The Kier molecular flexibility index (Phi) is 6.98. The molecule has 1 fully saturated rings. The summed E-state index contributed by atoms with van der Waals surface area (Å²) in [5, 5.41) is 3.00. The van der Waals surface area contributed by atoms with E-state index in [0.717, 1.165) is 45.1 Å². The van der Waals surface area contributed by atoms with Crippen LogP contribution < -0.4 is 15.0 Å². The second-order valence-electron chi connectivity index (χ2n) is 6.42. The number of hydrogen-bond acceptors (Lipinski definition) is 6. The van der Waals surface area contributed by atoms with Crippen LogP contribution in [0.5, 0.6) is 5.75 Å². The van der Waals surface area contributed by atoms with Crippen LogP contribution in [0.4, 0.5) is 5.95 Å². The van der Waals surface area contributed by atoms with Gasteiger partial charge in [-0.3, -0.25) is 9.69 Å². The van der Waals surface area contributed by atoms with Gasteiger partial charge >= 0.3 is 0 Å². The van der Waals surface area contributed by atoms with Crippen LogP contribution in [0.3, 0.4) is 0 Å². The van der Waals surface area contributed by atoms with Gasteiger partial charge in [0.15, 0.2) is 0 Å². The maximum absolute atomic E-state index is 12.4. The second kappa shape index (κ2) is 9.87. The second-order valence-corrected chi connectivity index (χ2v) is 6.42. The van der Waals surface area contributed by atoms with E-state index in [9.17, 15) is 4.79 Å². The van der Waals surface area contributed by atoms with E-state index in [-0.39, 0.29) is 5.91 Å². The van der Waals surface area contributed by atoms with Crippen molar-refractivity contribution in [2.45, 2.75) is 13.3 Å². The van der Waals surface area contributed by atoms with E-state index >= 15 is 0 Å². The number of aromatic nitrogens is 2. The molecule has 1 aliphatic rings. The first kappa shape index (κ1) is 19.1. The molecule has 1 aliphatic heterocycles. The zero-order valence-electron chi connectivity index (χ0n) is 15.8. The summed E-state index contributed by atoms with van der Waals surface area (Å²) in [5.41, 5.74) is 0.593. The summed E-state index contributed by atoms with van der Waals surface area (Å²) in [6, 6.07) is 9.19. The van der Waals surface area contributed by atoms with E-state index in [1.807, 2.05) is 31.2 Å². The van der Waals surface area contributed by atoms with Crippen molar-refractivity contribution in [3.63, 3.8) is 0 Å². The van der Waals surface area contributed by atoms with E-state index < -0.39 is 0 Å². The molecular weight excluding hydrogens is 342 g/mol. The normalized spacial score (nSPS) is 14.8. The lowest BCUT2D eigenvalue weighted by Crippen LogP contribution is -2.47. The minimum atomic E-state index is -0.0786. The van der Waals surface area contributed by atoms with Crippen LogP contribution in [0.15, 0.2) is 42.7 Å². The molecule has 0 saturated carbocycles. The molecule has 1 aromatic heterocycles. The van der Waals surface area contributed by atoms with Gasteiger partial charge in [0.1, 0.15) is 5.75 Å². The summed E-state index contributed by atoms with van der Waals surface area (Å²) >= 11 is 0. The van der Waals surface area contributed by atoms with E-state index in [2.05, 4.69) is 25.1 Å². The average molecular weight is 369 g/mol. The number of piperazine rings is 1. The summed E-state index contributed by atoms with van der Waals surface area (Å²) in [4.78, 5) is 25.6. The van der Waals surface area contributed by atoms with Gasteiger partial charge in [-0.2, -0.15) is 0 Å². The van der Waals surface area contributed by atoms with Crippen LogP contribution >= 0.6 is 0 Å². The molecule has 27 heavy (non-hydrogen) atoms. The molecule has 1 saturated heterocycles. The predicted octanol–water partition coefficient (Wildman–Crippen LogP) is 1.82. The molecule has 1 N–H and O–H groups in total. The van der Waals surface area contributed by atoms with Gasteiger partial charge in [0.2, 0.25) is 5.95 Å². The first-order valence-electron chi connectivity index (χ1n) is 9.52. The number of amides is 1. The molecule has 3 rings (SSSR count). The third-order valence-corrected chi connectivity index (χ3v) is 4.58. The lowest BCUT2D eigenvalue weighted by Gasteiger charge is -2.34. The Morgan fingerprint density at radius 3 is 2.59 bits per heavy atom. The fourth-order valence-electron chi connectivity index (χ4n) is 3.16. The van der Waals surface area contributed by atoms with Crippen molar-refractivity contribution >= 4 is 11.9 Å². The van der Waals surface area contributed by atoms with Gasteiger partial charge in [-0.25, -0.2) is 9.97 Å². The SMILES string of the molecule is CCOc1ccccc1C(=O)NCCCN1CCN(c2ncccn2)CC1. The highest BCUT2D eigenvalue weighted by molar-refractivity contribution is 5.96. The Morgan fingerprint density at radius 1 is 1.11 bits per heavy atom. The number of para-hydroxylation sites is 1. The van der Waals surface area contributed by atoms with Crippen LogP contribution in [-0.4, -0.2) is 66.7 Å². The van der Waals surface area contributed by atoms with Crippen LogP contribution in [-0.2, 0) is 0 Å². The molecule has 7 heteroatoms. The Hall–Kier alpha value is -2.67. The topological polar surface area (TPSA) is 70.6 Å². The minimum Gasteiger partial charge on any atom is -0.493 e. The van der Waals surface area contributed by atoms with Gasteiger partial charge in [0.25, 0.3) is 5.91 Å². The van der Waals surface area contributed by atoms with Crippen molar-refractivity contribution in [3.8, 4) is 5.75 Å². The summed E-state index contributed by atoms with van der Waals surface area (Å²) < 4.78 is 5.52. The standard InChI is InChI=1S/C20H27N5O2/c1-2-27-18-8-4-3-7-17(18)19(26)21-11-6-12-24-13-15-25(16-14-24)20-22-9-5-10-23-20/h3-5,7-10H,2,6,11-16H2,1H3,(H,21,26).